The zero-order chi connectivity index (χ0) is 20.8. The van der Waals surface area contributed by atoms with Crippen molar-refractivity contribution in [2.45, 2.75) is 51.5 Å². The van der Waals surface area contributed by atoms with Crippen LogP contribution < -0.4 is 0 Å². The minimum Gasteiger partial charge on any atom is -0.367 e. The second-order valence-corrected chi connectivity index (χ2v) is 7.94. The number of rotatable bonds is 7. The summed E-state index contributed by atoms with van der Waals surface area (Å²) in [6, 6.07) is 1.18. The van der Waals surface area contributed by atoms with Gasteiger partial charge in [0, 0.05) is 43.7 Å². The highest BCUT2D eigenvalue weighted by atomic mass is 32.1. The molecule has 1 fully saturated rings. The van der Waals surface area contributed by atoms with Gasteiger partial charge in [0.15, 0.2) is 5.11 Å². The van der Waals surface area contributed by atoms with E-state index in [2.05, 4.69) is 35.0 Å². The standard InChI is InChI=1S/C22H30N4O2S/c1-3-4-5-9-14-25(18-10-7-6-8-11-18)22(29)26-16-19(27)24(2)20(21(26)28)17-12-13-23-15-17/h6-7,11-13,15,20,23H,3-5,8-10,14,16H2,1-2H3. The predicted molar refractivity (Wildman–Crippen MR) is 118 cm³/mol. The number of aromatic nitrogens is 1. The quantitative estimate of drug-likeness (QED) is 0.419. The molecule has 1 N–H and O–H groups in total. The van der Waals surface area contributed by atoms with Crippen LogP contribution in [0.1, 0.15) is 57.1 Å². The number of thiocarbonyl (C=S) groups is 1. The van der Waals surface area contributed by atoms with Crippen LogP contribution in [-0.2, 0) is 9.59 Å². The Hall–Kier alpha value is -2.41. The van der Waals surface area contributed by atoms with Gasteiger partial charge in [-0.2, -0.15) is 0 Å². The molecule has 1 aliphatic carbocycles. The summed E-state index contributed by atoms with van der Waals surface area (Å²) in [5.41, 5.74) is 1.89. The molecule has 0 bridgehead atoms. The first-order valence-electron chi connectivity index (χ1n) is 10.4. The molecule has 6 nitrogen and oxygen atoms in total. The lowest BCUT2D eigenvalue weighted by Gasteiger charge is -2.41. The highest BCUT2D eigenvalue weighted by Crippen LogP contribution is 2.28. The number of likely N-dealkylation sites (N-methyl/N-ethyl adjacent to an activating group) is 1. The van der Waals surface area contributed by atoms with Crippen LogP contribution in [0.4, 0.5) is 0 Å². The van der Waals surface area contributed by atoms with Gasteiger partial charge in [-0.15, -0.1) is 0 Å². The smallest absolute Gasteiger partial charge is 0.256 e. The van der Waals surface area contributed by atoms with Gasteiger partial charge in [0.2, 0.25) is 5.91 Å². The average Bonchev–Trinajstić information content (AvgIpc) is 3.25. The number of carbonyl (C=O) groups is 2. The highest BCUT2D eigenvalue weighted by molar-refractivity contribution is 7.80. The van der Waals surface area contributed by atoms with E-state index in [1.165, 1.54) is 22.6 Å². The third-order valence-corrected chi connectivity index (χ3v) is 5.98. The summed E-state index contributed by atoms with van der Waals surface area (Å²) in [7, 11) is 1.68. The van der Waals surface area contributed by atoms with Crippen molar-refractivity contribution in [3.8, 4) is 0 Å². The second-order valence-electron chi connectivity index (χ2n) is 7.58. The van der Waals surface area contributed by atoms with E-state index in [0.29, 0.717) is 5.11 Å². The lowest BCUT2D eigenvalue weighted by Crippen LogP contribution is -2.58. The number of piperazine rings is 1. The van der Waals surface area contributed by atoms with Gasteiger partial charge < -0.3 is 14.8 Å². The van der Waals surface area contributed by atoms with Gasteiger partial charge in [-0.25, -0.2) is 0 Å². The van der Waals surface area contributed by atoms with Gasteiger partial charge >= 0.3 is 0 Å². The summed E-state index contributed by atoms with van der Waals surface area (Å²) < 4.78 is 0. The molecule has 0 aromatic carbocycles. The molecule has 0 radical (unpaired) electrons. The number of nitrogens with one attached hydrogen (secondary N) is 1. The minimum absolute atomic E-state index is 0.0102. The Labute approximate surface area is 178 Å². The first-order valence-corrected chi connectivity index (χ1v) is 10.8. The molecule has 1 aliphatic heterocycles. The zero-order valence-electron chi connectivity index (χ0n) is 17.3. The van der Waals surface area contributed by atoms with Crippen molar-refractivity contribution in [2.24, 2.45) is 0 Å². The molecular weight excluding hydrogens is 384 g/mol. The van der Waals surface area contributed by atoms with Gasteiger partial charge in [0.1, 0.15) is 12.6 Å². The molecule has 0 spiro atoms. The molecule has 2 heterocycles. The van der Waals surface area contributed by atoms with E-state index in [1.54, 1.807) is 19.4 Å². The second kappa shape index (κ2) is 9.87. The maximum atomic E-state index is 13.4. The van der Waals surface area contributed by atoms with Crippen molar-refractivity contribution in [2.75, 3.05) is 20.1 Å². The lowest BCUT2D eigenvalue weighted by atomic mass is 10.0. The normalized spacial score (nSPS) is 19.5. The average molecular weight is 415 g/mol. The molecule has 2 amide bonds. The summed E-state index contributed by atoms with van der Waals surface area (Å²) in [6.45, 7) is 2.94. The Morgan fingerprint density at radius 3 is 2.76 bits per heavy atom. The van der Waals surface area contributed by atoms with Gasteiger partial charge in [0.05, 0.1) is 0 Å². The molecule has 2 aliphatic rings. The maximum absolute atomic E-state index is 13.4. The molecule has 156 valence electrons. The number of H-pyrrole nitrogens is 1. The first kappa shape index (κ1) is 21.3. The van der Waals surface area contributed by atoms with Crippen molar-refractivity contribution in [3.05, 3.63) is 47.9 Å². The Bertz CT molecular complexity index is 800. The van der Waals surface area contributed by atoms with Crippen LogP contribution in [0.3, 0.4) is 0 Å². The van der Waals surface area contributed by atoms with Crippen molar-refractivity contribution >= 4 is 29.1 Å². The lowest BCUT2D eigenvalue weighted by molar-refractivity contribution is -0.151. The topological polar surface area (TPSA) is 59.6 Å². The SMILES string of the molecule is CCCCCCN(C(=S)N1CC(=O)N(C)C(c2cc[nH]c2)C1=O)C1=CCC=CC1. The van der Waals surface area contributed by atoms with Crippen molar-refractivity contribution in [1.82, 2.24) is 19.7 Å². The molecule has 29 heavy (non-hydrogen) atoms. The number of hydrogen-bond donors (Lipinski definition) is 1. The van der Waals surface area contributed by atoms with E-state index in [1.807, 2.05) is 6.07 Å². The van der Waals surface area contributed by atoms with Gasteiger partial charge in [-0.3, -0.25) is 14.5 Å². The molecule has 7 heteroatoms. The monoisotopic (exact) mass is 414 g/mol. The van der Waals surface area contributed by atoms with Crippen LogP contribution in [0.2, 0.25) is 0 Å². The van der Waals surface area contributed by atoms with Crippen LogP contribution in [0.5, 0.6) is 0 Å². The van der Waals surface area contributed by atoms with Crippen molar-refractivity contribution < 1.29 is 9.59 Å². The van der Waals surface area contributed by atoms with E-state index in [9.17, 15) is 9.59 Å². The van der Waals surface area contributed by atoms with E-state index in [-0.39, 0.29) is 18.4 Å². The molecule has 1 unspecified atom stereocenters. The van der Waals surface area contributed by atoms with Gasteiger partial charge in [0.25, 0.3) is 5.91 Å². The van der Waals surface area contributed by atoms with Crippen molar-refractivity contribution in [1.29, 1.82) is 0 Å². The number of hydrogen-bond acceptors (Lipinski definition) is 3. The summed E-state index contributed by atoms with van der Waals surface area (Å²) in [5, 5.41) is 0.440. The van der Waals surface area contributed by atoms with Crippen LogP contribution in [0.25, 0.3) is 0 Å². The molecule has 0 saturated carbocycles. The third kappa shape index (κ3) is 4.78. The van der Waals surface area contributed by atoms with E-state index in [0.717, 1.165) is 43.5 Å². The summed E-state index contributed by atoms with van der Waals surface area (Å²) in [4.78, 5) is 34.1. The summed E-state index contributed by atoms with van der Waals surface area (Å²) in [6.07, 6.45) is 16.1. The highest BCUT2D eigenvalue weighted by Gasteiger charge is 2.41. The molecule has 1 aromatic heterocycles. The van der Waals surface area contributed by atoms with Crippen molar-refractivity contribution in [3.63, 3.8) is 0 Å². The fraction of sp³-hybridized carbons (Fsp3) is 0.500. The van der Waals surface area contributed by atoms with Gasteiger partial charge in [-0.05, 0) is 31.1 Å². The van der Waals surface area contributed by atoms with E-state index in [4.69, 9.17) is 12.2 Å². The van der Waals surface area contributed by atoms with Crippen LogP contribution in [-0.4, -0.2) is 56.7 Å². The summed E-state index contributed by atoms with van der Waals surface area (Å²) >= 11 is 5.79. The number of amides is 2. The fourth-order valence-electron chi connectivity index (χ4n) is 3.83. The molecule has 1 atom stereocenters. The Morgan fingerprint density at radius 1 is 1.28 bits per heavy atom. The van der Waals surface area contributed by atoms with E-state index >= 15 is 0 Å². The maximum Gasteiger partial charge on any atom is 0.256 e. The number of aromatic amines is 1. The number of nitrogens with zero attached hydrogens (tertiary/aromatic N) is 3. The first-order chi connectivity index (χ1) is 14.0. The fourth-order valence-corrected chi connectivity index (χ4v) is 4.19. The molecule has 1 saturated heterocycles. The van der Waals surface area contributed by atoms with Gasteiger partial charge in [-0.1, -0.05) is 44.4 Å². The van der Waals surface area contributed by atoms with E-state index < -0.39 is 6.04 Å². The Morgan fingerprint density at radius 2 is 2.10 bits per heavy atom. The minimum atomic E-state index is -0.650. The largest absolute Gasteiger partial charge is 0.367 e. The predicted octanol–water partition coefficient (Wildman–Crippen LogP) is 3.76. The third-order valence-electron chi connectivity index (χ3n) is 5.54. The molecule has 3 rings (SSSR count). The molecule has 1 aromatic rings. The van der Waals surface area contributed by atoms with Crippen LogP contribution >= 0.6 is 12.2 Å². The number of unbranched alkanes of at least 4 members (excludes halogenated alkanes) is 3. The Balaban J connectivity index is 1.82. The summed E-state index contributed by atoms with van der Waals surface area (Å²) in [5.74, 6) is -0.260. The zero-order valence-corrected chi connectivity index (χ0v) is 18.1. The van der Waals surface area contributed by atoms with Crippen LogP contribution in [0.15, 0.2) is 42.4 Å². The van der Waals surface area contributed by atoms with Crippen LogP contribution in [0, 0.1) is 0 Å². The number of allylic oxidation sites excluding steroid dienone is 3. The molecular formula is C22H30N4O2S. The number of carbonyl (C=O) groups excluding carboxylic acids is 2. The Kier molecular flexibility index (Phi) is 7.25.